The van der Waals surface area contributed by atoms with Crippen LogP contribution in [0.15, 0.2) is 42.5 Å². The summed E-state index contributed by atoms with van der Waals surface area (Å²) < 4.78 is 28.3. The second-order valence-electron chi connectivity index (χ2n) is 6.81. The molecule has 0 aliphatic carbocycles. The van der Waals surface area contributed by atoms with Crippen molar-refractivity contribution in [3.05, 3.63) is 70.2 Å². The molecule has 1 N–H and O–H groups in total. The lowest BCUT2D eigenvalue weighted by atomic mass is 10.1. The predicted molar refractivity (Wildman–Crippen MR) is 109 cm³/mol. The van der Waals surface area contributed by atoms with Gasteiger partial charge in [-0.1, -0.05) is 49.2 Å². The van der Waals surface area contributed by atoms with E-state index in [0.717, 1.165) is 12.8 Å². The maximum Gasteiger partial charge on any atom is 0.242 e. The van der Waals surface area contributed by atoms with Crippen LogP contribution in [0.5, 0.6) is 0 Å². The molecule has 2 rings (SSSR count). The third-order valence-corrected chi connectivity index (χ3v) is 5.04. The molecule has 0 aromatic heterocycles. The van der Waals surface area contributed by atoms with Gasteiger partial charge in [0.1, 0.15) is 17.7 Å². The highest BCUT2D eigenvalue weighted by Crippen LogP contribution is 2.22. The summed E-state index contributed by atoms with van der Waals surface area (Å²) in [6, 6.07) is 9.35. The molecule has 2 amide bonds. The highest BCUT2D eigenvalue weighted by molar-refractivity contribution is 6.31. The van der Waals surface area contributed by atoms with Gasteiger partial charge < -0.3 is 10.2 Å². The average Bonchev–Trinajstić information content (AvgIpc) is 2.69. The Labute approximate surface area is 174 Å². The van der Waals surface area contributed by atoms with Gasteiger partial charge in [0.25, 0.3) is 0 Å². The van der Waals surface area contributed by atoms with Crippen LogP contribution in [0.3, 0.4) is 0 Å². The van der Waals surface area contributed by atoms with Gasteiger partial charge in [-0.3, -0.25) is 9.59 Å². The molecule has 156 valence electrons. The number of hydrogen-bond acceptors (Lipinski definition) is 2. The van der Waals surface area contributed by atoms with Crippen molar-refractivity contribution in [1.82, 2.24) is 10.2 Å². The molecular weight excluding hydrogens is 398 g/mol. The molecule has 0 saturated heterocycles. The highest BCUT2D eigenvalue weighted by Gasteiger charge is 2.27. The molecule has 0 unspecified atom stereocenters. The number of amides is 2. The van der Waals surface area contributed by atoms with E-state index in [1.807, 2.05) is 6.92 Å². The highest BCUT2D eigenvalue weighted by atomic mass is 35.5. The van der Waals surface area contributed by atoms with Crippen molar-refractivity contribution in [2.24, 2.45) is 0 Å². The Kier molecular flexibility index (Phi) is 8.58. The van der Waals surface area contributed by atoms with Crippen molar-refractivity contribution in [1.29, 1.82) is 0 Å². The Morgan fingerprint density at radius 1 is 1.10 bits per heavy atom. The zero-order chi connectivity index (χ0) is 21.4. The summed E-state index contributed by atoms with van der Waals surface area (Å²) in [7, 11) is 0. The first-order chi connectivity index (χ1) is 13.8. The number of carbonyl (C=O) groups excluding carboxylic acids is 2. The fourth-order valence-corrected chi connectivity index (χ4v) is 3.11. The molecule has 0 aliphatic rings. The second-order valence-corrected chi connectivity index (χ2v) is 7.22. The van der Waals surface area contributed by atoms with E-state index in [9.17, 15) is 18.4 Å². The minimum atomic E-state index is -0.857. The summed E-state index contributed by atoms with van der Waals surface area (Å²) in [5.41, 5.74) is 0.324. The summed E-state index contributed by atoms with van der Waals surface area (Å²) in [6.45, 7) is 3.95. The molecule has 0 saturated carbocycles. The summed E-state index contributed by atoms with van der Waals surface area (Å²) in [5.74, 6) is -1.94. The number of nitrogens with zero attached hydrogens (tertiary/aromatic N) is 1. The fraction of sp³-hybridized carbons (Fsp3) is 0.364. The Hall–Kier alpha value is -2.47. The smallest absolute Gasteiger partial charge is 0.242 e. The lowest BCUT2D eigenvalue weighted by Gasteiger charge is -2.29. The van der Waals surface area contributed by atoms with Crippen LogP contribution in [0.4, 0.5) is 8.78 Å². The van der Waals surface area contributed by atoms with Crippen molar-refractivity contribution < 1.29 is 18.4 Å². The van der Waals surface area contributed by atoms with E-state index >= 15 is 0 Å². The van der Waals surface area contributed by atoms with E-state index in [2.05, 4.69) is 5.32 Å². The van der Waals surface area contributed by atoms with Gasteiger partial charge in [-0.15, -0.1) is 0 Å². The number of nitrogens with one attached hydrogen (secondary N) is 1. The van der Waals surface area contributed by atoms with Gasteiger partial charge in [0, 0.05) is 29.2 Å². The Morgan fingerprint density at radius 2 is 1.79 bits per heavy atom. The topological polar surface area (TPSA) is 49.4 Å². The van der Waals surface area contributed by atoms with Crippen molar-refractivity contribution in [2.45, 2.75) is 45.7 Å². The van der Waals surface area contributed by atoms with Gasteiger partial charge >= 0.3 is 0 Å². The summed E-state index contributed by atoms with van der Waals surface area (Å²) in [5, 5.41) is 2.91. The molecule has 0 fully saturated rings. The summed E-state index contributed by atoms with van der Waals surface area (Å²) >= 11 is 6.04. The molecule has 0 spiro atoms. The SMILES string of the molecule is CCCCNC(=O)[C@H](C)N(Cc1ccccc1F)C(=O)Cc1c(F)cccc1Cl. The minimum Gasteiger partial charge on any atom is -0.354 e. The van der Waals surface area contributed by atoms with Gasteiger partial charge in [0.15, 0.2) is 0 Å². The standard InChI is InChI=1S/C22H25ClF2N2O2/c1-3-4-12-26-22(29)15(2)27(14-16-8-5-6-10-19(16)24)21(28)13-17-18(23)9-7-11-20(17)25/h5-11,15H,3-4,12-14H2,1-2H3,(H,26,29)/t15-/m0/s1. The van der Waals surface area contributed by atoms with E-state index in [-0.39, 0.29) is 35.0 Å². The van der Waals surface area contributed by atoms with E-state index in [1.165, 1.54) is 29.2 Å². The molecule has 0 bridgehead atoms. The molecule has 4 nitrogen and oxygen atoms in total. The van der Waals surface area contributed by atoms with Crippen LogP contribution >= 0.6 is 11.6 Å². The first kappa shape index (κ1) is 22.8. The van der Waals surface area contributed by atoms with Gasteiger partial charge in [-0.25, -0.2) is 8.78 Å². The number of hydrogen-bond donors (Lipinski definition) is 1. The molecule has 1 atom stereocenters. The molecule has 29 heavy (non-hydrogen) atoms. The minimum absolute atomic E-state index is 0.0521. The largest absolute Gasteiger partial charge is 0.354 e. The average molecular weight is 423 g/mol. The molecule has 2 aromatic carbocycles. The van der Waals surface area contributed by atoms with E-state index in [0.29, 0.717) is 6.54 Å². The lowest BCUT2D eigenvalue weighted by Crippen LogP contribution is -2.48. The monoisotopic (exact) mass is 422 g/mol. The second kappa shape index (κ2) is 10.9. The quantitative estimate of drug-likeness (QED) is 0.605. The number of benzene rings is 2. The van der Waals surface area contributed by atoms with Crippen molar-refractivity contribution in [3.63, 3.8) is 0 Å². The molecule has 0 heterocycles. The zero-order valence-electron chi connectivity index (χ0n) is 16.6. The molecule has 0 aliphatic heterocycles. The number of carbonyl (C=O) groups is 2. The third kappa shape index (κ3) is 6.26. The fourth-order valence-electron chi connectivity index (χ4n) is 2.88. The van der Waals surface area contributed by atoms with Crippen LogP contribution < -0.4 is 5.32 Å². The molecular formula is C22H25ClF2N2O2. The van der Waals surface area contributed by atoms with Crippen molar-refractivity contribution in [3.8, 4) is 0 Å². The van der Waals surface area contributed by atoms with E-state index in [4.69, 9.17) is 11.6 Å². The van der Waals surface area contributed by atoms with Crippen LogP contribution in [0.1, 0.15) is 37.8 Å². The van der Waals surface area contributed by atoms with Crippen molar-refractivity contribution in [2.75, 3.05) is 6.54 Å². The normalized spacial score (nSPS) is 11.8. The lowest BCUT2D eigenvalue weighted by molar-refractivity contribution is -0.140. The maximum absolute atomic E-state index is 14.2. The third-order valence-electron chi connectivity index (χ3n) is 4.69. The van der Waals surface area contributed by atoms with Crippen LogP contribution in [-0.2, 0) is 22.6 Å². The van der Waals surface area contributed by atoms with Gasteiger partial charge in [0.05, 0.1) is 6.42 Å². The first-order valence-electron chi connectivity index (χ1n) is 9.58. The molecule has 2 aromatic rings. The first-order valence-corrected chi connectivity index (χ1v) is 9.96. The Bertz CT molecular complexity index is 840. The van der Waals surface area contributed by atoms with Gasteiger partial charge in [0.2, 0.25) is 11.8 Å². The van der Waals surface area contributed by atoms with Gasteiger partial charge in [-0.2, -0.15) is 0 Å². The summed E-state index contributed by atoms with van der Waals surface area (Å²) in [6.07, 6.45) is 1.40. The van der Waals surface area contributed by atoms with Crippen LogP contribution in [0.25, 0.3) is 0 Å². The number of halogens is 3. The summed E-state index contributed by atoms with van der Waals surface area (Å²) in [4.78, 5) is 26.8. The number of unbranched alkanes of at least 4 members (excludes halogenated alkanes) is 1. The van der Waals surface area contributed by atoms with Gasteiger partial charge in [-0.05, 0) is 31.5 Å². The van der Waals surface area contributed by atoms with Crippen molar-refractivity contribution >= 4 is 23.4 Å². The van der Waals surface area contributed by atoms with Crippen LogP contribution in [0.2, 0.25) is 5.02 Å². The van der Waals surface area contributed by atoms with E-state index in [1.54, 1.807) is 25.1 Å². The predicted octanol–water partition coefficient (Wildman–Crippen LogP) is 4.49. The Balaban J connectivity index is 2.26. The maximum atomic E-state index is 14.2. The number of rotatable bonds is 9. The Morgan fingerprint density at radius 3 is 2.45 bits per heavy atom. The van der Waals surface area contributed by atoms with Crippen LogP contribution in [-0.4, -0.2) is 29.3 Å². The zero-order valence-corrected chi connectivity index (χ0v) is 17.3. The molecule has 0 radical (unpaired) electrons. The molecule has 7 heteroatoms. The van der Waals surface area contributed by atoms with Crippen LogP contribution in [0, 0.1) is 11.6 Å². The van der Waals surface area contributed by atoms with E-state index < -0.39 is 23.6 Å².